The molecule has 70 valence electrons. The average molecular weight is 174 g/mol. The Morgan fingerprint density at radius 1 is 1.58 bits per heavy atom. The molecule has 1 saturated heterocycles. The van der Waals surface area contributed by atoms with Crippen molar-refractivity contribution in [2.45, 2.75) is 6.04 Å². The molecule has 5 heteroatoms. The lowest BCUT2D eigenvalue weighted by atomic mass is 10.2. The summed E-state index contributed by atoms with van der Waals surface area (Å²) in [4.78, 5) is 13.9. The molecule has 1 amide bonds. The van der Waals surface area contributed by atoms with Gasteiger partial charge in [-0.1, -0.05) is 0 Å². The number of aliphatic hydroxyl groups excluding tert-OH is 1. The van der Waals surface area contributed by atoms with Gasteiger partial charge < -0.3 is 15.1 Å². The van der Waals surface area contributed by atoms with Gasteiger partial charge in [0.15, 0.2) is 0 Å². The third-order valence-corrected chi connectivity index (χ3v) is 2.26. The number of hydrogen-bond acceptors (Lipinski definition) is 3. The van der Waals surface area contributed by atoms with Crippen molar-refractivity contribution in [3.05, 3.63) is 0 Å². The molecule has 0 spiro atoms. The number of amides is 1. The summed E-state index contributed by atoms with van der Waals surface area (Å²) in [6.07, 6.45) is -0.901. The third kappa shape index (κ3) is 1.86. The van der Waals surface area contributed by atoms with E-state index in [1.807, 2.05) is 11.9 Å². The minimum Gasteiger partial charge on any atom is -0.465 e. The third-order valence-electron chi connectivity index (χ3n) is 2.26. The number of piperazine rings is 1. The van der Waals surface area contributed by atoms with Crippen molar-refractivity contribution < 1.29 is 15.0 Å². The molecule has 1 atom stereocenters. The summed E-state index contributed by atoms with van der Waals surface area (Å²) in [5.41, 5.74) is 0. The van der Waals surface area contributed by atoms with Crippen molar-refractivity contribution in [2.75, 3.05) is 33.3 Å². The highest BCUT2D eigenvalue weighted by Crippen LogP contribution is 2.06. The molecule has 1 unspecified atom stereocenters. The predicted octanol–water partition coefficient (Wildman–Crippen LogP) is -0.727. The van der Waals surface area contributed by atoms with Gasteiger partial charge in [0.2, 0.25) is 0 Å². The number of nitrogens with zero attached hydrogens (tertiary/aromatic N) is 2. The van der Waals surface area contributed by atoms with Gasteiger partial charge in [-0.25, -0.2) is 4.79 Å². The van der Waals surface area contributed by atoms with E-state index in [4.69, 9.17) is 10.2 Å². The molecule has 5 nitrogen and oxygen atoms in total. The van der Waals surface area contributed by atoms with Gasteiger partial charge >= 0.3 is 6.09 Å². The van der Waals surface area contributed by atoms with Crippen LogP contribution in [-0.2, 0) is 0 Å². The highest BCUT2D eigenvalue weighted by atomic mass is 16.4. The van der Waals surface area contributed by atoms with E-state index in [0.717, 1.165) is 0 Å². The second-order valence-electron chi connectivity index (χ2n) is 3.05. The summed E-state index contributed by atoms with van der Waals surface area (Å²) in [6.45, 7) is 1.64. The number of rotatable bonds is 1. The van der Waals surface area contributed by atoms with Gasteiger partial charge in [0.05, 0.1) is 12.6 Å². The first-order valence-corrected chi connectivity index (χ1v) is 3.94. The summed E-state index contributed by atoms with van der Waals surface area (Å²) >= 11 is 0. The van der Waals surface area contributed by atoms with Crippen molar-refractivity contribution in [2.24, 2.45) is 0 Å². The smallest absolute Gasteiger partial charge is 0.407 e. The molecule has 0 saturated carbocycles. The Bertz CT molecular complexity index is 174. The van der Waals surface area contributed by atoms with Gasteiger partial charge in [-0.3, -0.25) is 4.90 Å². The Morgan fingerprint density at radius 3 is 2.75 bits per heavy atom. The molecule has 0 aromatic carbocycles. The Balaban J connectivity index is 2.49. The summed E-state index contributed by atoms with van der Waals surface area (Å²) in [7, 11) is 1.89. The van der Waals surface area contributed by atoms with Gasteiger partial charge in [0.25, 0.3) is 0 Å². The fourth-order valence-corrected chi connectivity index (χ4v) is 1.32. The maximum absolute atomic E-state index is 10.5. The molecule has 0 aromatic rings. The Kier molecular flexibility index (Phi) is 2.88. The molecule has 1 rings (SSSR count). The van der Waals surface area contributed by atoms with E-state index < -0.39 is 6.09 Å². The van der Waals surface area contributed by atoms with Crippen LogP contribution in [0.3, 0.4) is 0 Å². The molecule has 1 heterocycles. The predicted molar refractivity (Wildman–Crippen MR) is 43.1 cm³/mol. The van der Waals surface area contributed by atoms with Gasteiger partial charge in [0, 0.05) is 19.6 Å². The molecule has 1 aliphatic heterocycles. The SMILES string of the molecule is CN1CCN(C(=O)O)CC1CO. The molecule has 1 fully saturated rings. The molecule has 0 aromatic heterocycles. The van der Waals surface area contributed by atoms with Gasteiger partial charge in [-0.15, -0.1) is 0 Å². The summed E-state index contributed by atoms with van der Waals surface area (Å²) < 4.78 is 0. The van der Waals surface area contributed by atoms with Crippen molar-refractivity contribution in [1.29, 1.82) is 0 Å². The first-order valence-electron chi connectivity index (χ1n) is 3.94. The van der Waals surface area contributed by atoms with Crippen LogP contribution in [0, 0.1) is 0 Å². The van der Waals surface area contributed by atoms with Crippen LogP contribution < -0.4 is 0 Å². The monoisotopic (exact) mass is 174 g/mol. The van der Waals surface area contributed by atoms with E-state index in [9.17, 15) is 4.79 Å². The molecule has 0 bridgehead atoms. The van der Waals surface area contributed by atoms with E-state index in [-0.39, 0.29) is 12.6 Å². The van der Waals surface area contributed by atoms with Crippen LogP contribution in [0.4, 0.5) is 4.79 Å². The topological polar surface area (TPSA) is 64.0 Å². The van der Waals surface area contributed by atoms with Crippen LogP contribution in [0.2, 0.25) is 0 Å². The van der Waals surface area contributed by atoms with Crippen molar-refractivity contribution in [3.63, 3.8) is 0 Å². The lowest BCUT2D eigenvalue weighted by Gasteiger charge is -2.36. The first kappa shape index (κ1) is 9.28. The van der Waals surface area contributed by atoms with Crippen LogP contribution in [0.1, 0.15) is 0 Å². The minimum absolute atomic E-state index is 0.0142. The fraction of sp³-hybridized carbons (Fsp3) is 0.857. The van der Waals surface area contributed by atoms with E-state index in [2.05, 4.69) is 0 Å². The van der Waals surface area contributed by atoms with Gasteiger partial charge in [-0.05, 0) is 7.05 Å². The summed E-state index contributed by atoms with van der Waals surface area (Å²) in [5.74, 6) is 0. The van der Waals surface area contributed by atoms with Crippen LogP contribution in [0.15, 0.2) is 0 Å². The van der Waals surface area contributed by atoms with Crippen molar-refractivity contribution in [1.82, 2.24) is 9.80 Å². The lowest BCUT2D eigenvalue weighted by Crippen LogP contribution is -2.54. The van der Waals surface area contributed by atoms with Crippen molar-refractivity contribution >= 4 is 6.09 Å². The standard InChI is InChI=1S/C7H14N2O3/c1-8-2-3-9(7(11)12)4-6(8)5-10/h6,10H,2-5H2,1H3,(H,11,12). The fourth-order valence-electron chi connectivity index (χ4n) is 1.32. The number of carbonyl (C=O) groups is 1. The number of likely N-dealkylation sites (N-methyl/N-ethyl adjacent to an activating group) is 1. The Labute approximate surface area is 71.2 Å². The second kappa shape index (κ2) is 3.73. The Hall–Kier alpha value is -0.810. The summed E-state index contributed by atoms with van der Waals surface area (Å²) in [5, 5.41) is 17.6. The highest BCUT2D eigenvalue weighted by Gasteiger charge is 2.25. The first-order chi connectivity index (χ1) is 5.65. The zero-order valence-corrected chi connectivity index (χ0v) is 7.10. The molecular formula is C7H14N2O3. The Morgan fingerprint density at radius 2 is 2.25 bits per heavy atom. The molecular weight excluding hydrogens is 160 g/mol. The molecule has 0 radical (unpaired) electrons. The van der Waals surface area contributed by atoms with Gasteiger partial charge in [0.1, 0.15) is 0 Å². The minimum atomic E-state index is -0.901. The van der Waals surface area contributed by atoms with E-state index in [0.29, 0.717) is 19.6 Å². The zero-order chi connectivity index (χ0) is 9.14. The quantitative estimate of drug-likeness (QED) is 0.550. The number of carboxylic acid groups (broad SMARTS) is 1. The van der Waals surface area contributed by atoms with Crippen LogP contribution in [-0.4, -0.2) is 65.4 Å². The van der Waals surface area contributed by atoms with Gasteiger partial charge in [-0.2, -0.15) is 0 Å². The zero-order valence-electron chi connectivity index (χ0n) is 7.10. The normalized spacial score (nSPS) is 25.8. The molecule has 1 aliphatic rings. The van der Waals surface area contributed by atoms with Crippen LogP contribution >= 0.6 is 0 Å². The number of hydrogen-bond donors (Lipinski definition) is 2. The molecule has 2 N–H and O–H groups in total. The lowest BCUT2D eigenvalue weighted by molar-refractivity contribution is 0.0562. The second-order valence-corrected chi connectivity index (χ2v) is 3.05. The van der Waals surface area contributed by atoms with Crippen LogP contribution in [0.5, 0.6) is 0 Å². The molecule has 0 aliphatic carbocycles. The van der Waals surface area contributed by atoms with Crippen LogP contribution in [0.25, 0.3) is 0 Å². The maximum Gasteiger partial charge on any atom is 0.407 e. The van der Waals surface area contributed by atoms with E-state index >= 15 is 0 Å². The number of aliphatic hydroxyl groups is 1. The molecule has 12 heavy (non-hydrogen) atoms. The maximum atomic E-state index is 10.5. The van der Waals surface area contributed by atoms with E-state index in [1.165, 1.54) is 4.90 Å². The van der Waals surface area contributed by atoms with E-state index in [1.54, 1.807) is 0 Å². The average Bonchev–Trinajstić information content (AvgIpc) is 2.05. The highest BCUT2D eigenvalue weighted by molar-refractivity contribution is 5.65. The van der Waals surface area contributed by atoms with Crippen molar-refractivity contribution in [3.8, 4) is 0 Å². The largest absolute Gasteiger partial charge is 0.465 e. The summed E-state index contributed by atoms with van der Waals surface area (Å²) in [6, 6.07) is -0.0464.